The highest BCUT2D eigenvalue weighted by Gasteiger charge is 2.04. The first-order valence-electron chi connectivity index (χ1n) is 6.37. The van der Waals surface area contributed by atoms with E-state index < -0.39 is 6.10 Å². The molecule has 1 amide bonds. The topological polar surface area (TPSA) is 58.6 Å². The zero-order valence-corrected chi connectivity index (χ0v) is 11.4. The van der Waals surface area contributed by atoms with Crippen LogP contribution in [0.1, 0.15) is 18.1 Å². The zero-order valence-electron chi connectivity index (χ0n) is 11.4. The van der Waals surface area contributed by atoms with E-state index in [1.807, 2.05) is 24.3 Å². The Morgan fingerprint density at radius 2 is 2.11 bits per heavy atom. The molecule has 0 heterocycles. The number of ether oxygens (including phenoxy) is 1. The van der Waals surface area contributed by atoms with Gasteiger partial charge in [0.2, 0.25) is 5.91 Å². The molecule has 1 aromatic rings. The van der Waals surface area contributed by atoms with Gasteiger partial charge in [0.1, 0.15) is 0 Å². The molecule has 0 radical (unpaired) electrons. The summed E-state index contributed by atoms with van der Waals surface area (Å²) in [6.07, 6.45) is 3.53. The van der Waals surface area contributed by atoms with Crippen LogP contribution in [0, 0.1) is 0 Å². The average molecular weight is 263 g/mol. The minimum absolute atomic E-state index is 0.186. The first kappa shape index (κ1) is 15.4. The summed E-state index contributed by atoms with van der Waals surface area (Å²) >= 11 is 0. The highest BCUT2D eigenvalue weighted by Crippen LogP contribution is 2.06. The lowest BCUT2D eigenvalue weighted by Crippen LogP contribution is -2.33. The average Bonchev–Trinajstić information content (AvgIpc) is 2.44. The number of nitrogens with one attached hydrogen (secondary N) is 1. The molecule has 0 aromatic heterocycles. The van der Waals surface area contributed by atoms with Gasteiger partial charge < -0.3 is 15.2 Å². The molecular formula is C15H21NO3. The molecule has 1 aromatic carbocycles. The summed E-state index contributed by atoms with van der Waals surface area (Å²) in [5, 5.41) is 12.0. The van der Waals surface area contributed by atoms with Crippen LogP contribution in [0.25, 0.3) is 6.08 Å². The minimum atomic E-state index is -0.675. The second-order valence-electron chi connectivity index (χ2n) is 4.28. The smallest absolute Gasteiger partial charge is 0.244 e. The number of aliphatic hydroxyl groups is 1. The lowest BCUT2D eigenvalue weighted by Gasteiger charge is -2.09. The van der Waals surface area contributed by atoms with Gasteiger partial charge in [-0.15, -0.1) is 0 Å². The molecule has 0 aliphatic rings. The number of amides is 1. The molecule has 4 heteroatoms. The van der Waals surface area contributed by atoms with Crippen molar-refractivity contribution >= 4 is 12.0 Å². The molecule has 0 fully saturated rings. The van der Waals surface area contributed by atoms with Crippen molar-refractivity contribution in [3.63, 3.8) is 0 Å². The molecule has 2 N–H and O–H groups in total. The molecule has 19 heavy (non-hydrogen) atoms. The van der Waals surface area contributed by atoms with E-state index in [4.69, 9.17) is 4.74 Å². The number of aryl methyl sites for hydroxylation is 1. The molecule has 0 spiro atoms. The molecule has 0 saturated carbocycles. The van der Waals surface area contributed by atoms with Crippen molar-refractivity contribution in [1.29, 1.82) is 0 Å². The Bertz CT molecular complexity index is 412. The predicted molar refractivity (Wildman–Crippen MR) is 75.7 cm³/mol. The van der Waals surface area contributed by atoms with Gasteiger partial charge in [-0.3, -0.25) is 4.79 Å². The maximum absolute atomic E-state index is 11.5. The maximum atomic E-state index is 11.5. The number of carbonyl (C=O) groups excluding carboxylic acids is 1. The third kappa shape index (κ3) is 6.18. The molecule has 0 aliphatic carbocycles. The number of hydrogen-bond acceptors (Lipinski definition) is 3. The Balaban J connectivity index is 2.40. The predicted octanol–water partition coefficient (Wildman–Crippen LogP) is 1.39. The van der Waals surface area contributed by atoms with Crippen LogP contribution in [0.3, 0.4) is 0 Å². The Hall–Kier alpha value is -1.65. The molecular weight excluding hydrogens is 242 g/mol. The van der Waals surface area contributed by atoms with E-state index >= 15 is 0 Å². The van der Waals surface area contributed by atoms with Gasteiger partial charge in [-0.25, -0.2) is 0 Å². The Kier molecular flexibility index (Phi) is 6.85. The minimum Gasteiger partial charge on any atom is -0.389 e. The van der Waals surface area contributed by atoms with Crippen LogP contribution in [0.5, 0.6) is 0 Å². The van der Waals surface area contributed by atoms with Gasteiger partial charge in [0, 0.05) is 19.7 Å². The fraction of sp³-hybridized carbons (Fsp3) is 0.400. The van der Waals surface area contributed by atoms with Gasteiger partial charge in [-0.2, -0.15) is 0 Å². The molecule has 0 saturated heterocycles. The van der Waals surface area contributed by atoms with Crippen LogP contribution in [-0.2, 0) is 16.0 Å². The fourth-order valence-electron chi connectivity index (χ4n) is 1.57. The Morgan fingerprint density at radius 1 is 1.42 bits per heavy atom. The molecule has 104 valence electrons. The largest absolute Gasteiger partial charge is 0.389 e. The van der Waals surface area contributed by atoms with Crippen LogP contribution < -0.4 is 5.32 Å². The van der Waals surface area contributed by atoms with E-state index in [-0.39, 0.29) is 19.1 Å². The molecule has 4 nitrogen and oxygen atoms in total. The summed E-state index contributed by atoms with van der Waals surface area (Å²) in [7, 11) is 1.50. The van der Waals surface area contributed by atoms with Gasteiger partial charge in [0.05, 0.1) is 12.7 Å². The summed E-state index contributed by atoms with van der Waals surface area (Å²) in [6.45, 7) is 2.50. The van der Waals surface area contributed by atoms with E-state index in [2.05, 4.69) is 12.2 Å². The third-order valence-electron chi connectivity index (χ3n) is 2.69. The summed E-state index contributed by atoms with van der Waals surface area (Å²) in [4.78, 5) is 11.5. The highest BCUT2D eigenvalue weighted by atomic mass is 16.5. The number of benzene rings is 1. The number of hydrogen-bond donors (Lipinski definition) is 2. The molecule has 1 unspecified atom stereocenters. The number of methoxy groups -OCH3 is 1. The number of carbonyl (C=O) groups is 1. The van der Waals surface area contributed by atoms with E-state index in [0.29, 0.717) is 0 Å². The fourth-order valence-corrected chi connectivity index (χ4v) is 1.57. The van der Waals surface area contributed by atoms with Crippen molar-refractivity contribution in [2.24, 2.45) is 0 Å². The van der Waals surface area contributed by atoms with Crippen molar-refractivity contribution in [3.05, 3.63) is 41.5 Å². The first-order chi connectivity index (χ1) is 9.15. The quantitative estimate of drug-likeness (QED) is 0.731. The number of aliphatic hydroxyl groups excluding tert-OH is 1. The monoisotopic (exact) mass is 263 g/mol. The van der Waals surface area contributed by atoms with Crippen molar-refractivity contribution in [2.75, 3.05) is 20.3 Å². The SMILES string of the molecule is CCc1ccc(C=CC(=O)NCC(O)COC)cc1. The van der Waals surface area contributed by atoms with Crippen LogP contribution in [0.15, 0.2) is 30.3 Å². The number of rotatable bonds is 7. The summed E-state index contributed by atoms with van der Waals surface area (Å²) in [5.74, 6) is -0.227. The second-order valence-corrected chi connectivity index (χ2v) is 4.28. The maximum Gasteiger partial charge on any atom is 0.244 e. The Morgan fingerprint density at radius 3 is 2.68 bits per heavy atom. The third-order valence-corrected chi connectivity index (χ3v) is 2.69. The van der Waals surface area contributed by atoms with Gasteiger partial charge >= 0.3 is 0 Å². The van der Waals surface area contributed by atoms with E-state index in [0.717, 1.165) is 12.0 Å². The summed E-state index contributed by atoms with van der Waals surface area (Å²) < 4.78 is 4.77. The Labute approximate surface area is 114 Å². The van der Waals surface area contributed by atoms with E-state index in [9.17, 15) is 9.90 Å². The zero-order chi connectivity index (χ0) is 14.1. The van der Waals surface area contributed by atoms with Crippen LogP contribution in [0.4, 0.5) is 0 Å². The van der Waals surface area contributed by atoms with Gasteiger partial charge in [0.25, 0.3) is 0 Å². The van der Waals surface area contributed by atoms with E-state index in [1.54, 1.807) is 6.08 Å². The summed E-state index contributed by atoms with van der Waals surface area (Å²) in [6, 6.07) is 8.03. The van der Waals surface area contributed by atoms with Crippen molar-refractivity contribution in [1.82, 2.24) is 5.32 Å². The first-order valence-corrected chi connectivity index (χ1v) is 6.37. The highest BCUT2D eigenvalue weighted by molar-refractivity contribution is 5.91. The van der Waals surface area contributed by atoms with E-state index in [1.165, 1.54) is 18.7 Å². The van der Waals surface area contributed by atoms with Gasteiger partial charge in [-0.05, 0) is 23.6 Å². The van der Waals surface area contributed by atoms with Gasteiger partial charge in [0.15, 0.2) is 0 Å². The van der Waals surface area contributed by atoms with Crippen LogP contribution in [0.2, 0.25) is 0 Å². The van der Waals surface area contributed by atoms with Crippen molar-refractivity contribution in [2.45, 2.75) is 19.4 Å². The molecule has 1 rings (SSSR count). The lowest BCUT2D eigenvalue weighted by atomic mass is 10.1. The molecule has 0 aliphatic heterocycles. The standard InChI is InChI=1S/C15H21NO3/c1-3-12-4-6-13(7-5-12)8-9-15(18)16-10-14(17)11-19-2/h4-9,14,17H,3,10-11H2,1-2H3,(H,16,18). The summed E-state index contributed by atoms with van der Waals surface area (Å²) in [5.41, 5.74) is 2.24. The second kappa shape index (κ2) is 8.45. The lowest BCUT2D eigenvalue weighted by molar-refractivity contribution is -0.117. The van der Waals surface area contributed by atoms with Crippen molar-refractivity contribution in [3.8, 4) is 0 Å². The molecule has 0 bridgehead atoms. The van der Waals surface area contributed by atoms with Crippen molar-refractivity contribution < 1.29 is 14.6 Å². The normalized spacial score (nSPS) is 12.6. The van der Waals surface area contributed by atoms with Crippen LogP contribution in [-0.4, -0.2) is 37.4 Å². The van der Waals surface area contributed by atoms with Gasteiger partial charge in [-0.1, -0.05) is 31.2 Å². The van der Waals surface area contributed by atoms with Crippen LogP contribution >= 0.6 is 0 Å². The molecule has 1 atom stereocenters.